The Balaban J connectivity index is 1.71. The highest BCUT2D eigenvalue weighted by Crippen LogP contribution is 2.17. The molecular formula is C11H17N3O2. The van der Waals surface area contributed by atoms with Crippen LogP contribution in [0.4, 0.5) is 4.79 Å². The second-order valence-electron chi connectivity index (χ2n) is 4.17. The Morgan fingerprint density at radius 3 is 2.94 bits per heavy atom. The summed E-state index contributed by atoms with van der Waals surface area (Å²) < 4.78 is 5.05. The zero-order chi connectivity index (χ0) is 11.4. The fraction of sp³-hybridized carbons (Fsp3) is 0.636. The number of aromatic nitrogens is 1. The minimum atomic E-state index is -0.118. The van der Waals surface area contributed by atoms with Crippen molar-refractivity contribution in [2.45, 2.75) is 45.2 Å². The molecule has 2 amide bonds. The van der Waals surface area contributed by atoms with Crippen molar-refractivity contribution in [2.75, 3.05) is 0 Å². The van der Waals surface area contributed by atoms with Crippen LogP contribution >= 0.6 is 0 Å². The summed E-state index contributed by atoms with van der Waals surface area (Å²) in [6.07, 6.45) is 6.18. The maximum Gasteiger partial charge on any atom is 0.315 e. The van der Waals surface area contributed by atoms with Crippen LogP contribution < -0.4 is 10.6 Å². The van der Waals surface area contributed by atoms with Crippen molar-refractivity contribution < 1.29 is 9.21 Å². The van der Waals surface area contributed by atoms with E-state index in [0.717, 1.165) is 18.5 Å². The van der Waals surface area contributed by atoms with Gasteiger partial charge in [-0.05, 0) is 12.8 Å². The van der Waals surface area contributed by atoms with E-state index in [1.807, 2.05) is 0 Å². The van der Waals surface area contributed by atoms with Gasteiger partial charge >= 0.3 is 6.03 Å². The normalized spacial score (nSPS) is 16.3. The number of carbonyl (C=O) groups is 1. The Morgan fingerprint density at radius 1 is 1.56 bits per heavy atom. The minimum absolute atomic E-state index is 0.118. The molecule has 5 heteroatoms. The van der Waals surface area contributed by atoms with E-state index < -0.39 is 0 Å². The van der Waals surface area contributed by atoms with E-state index in [9.17, 15) is 4.79 Å². The van der Waals surface area contributed by atoms with Crippen molar-refractivity contribution in [3.8, 4) is 0 Å². The number of oxazole rings is 1. The molecule has 1 heterocycles. The Kier molecular flexibility index (Phi) is 3.44. The zero-order valence-electron chi connectivity index (χ0n) is 9.45. The number of urea groups is 1. The molecule has 1 aliphatic carbocycles. The predicted molar refractivity (Wildman–Crippen MR) is 58.9 cm³/mol. The van der Waals surface area contributed by atoms with E-state index >= 15 is 0 Å². The molecule has 0 radical (unpaired) electrons. The van der Waals surface area contributed by atoms with Crippen LogP contribution in [0.25, 0.3) is 0 Å². The van der Waals surface area contributed by atoms with Crippen molar-refractivity contribution >= 4 is 6.03 Å². The molecular weight excluding hydrogens is 206 g/mol. The molecule has 2 rings (SSSR count). The third-order valence-corrected chi connectivity index (χ3v) is 2.79. The monoisotopic (exact) mass is 223 g/mol. The van der Waals surface area contributed by atoms with Gasteiger partial charge in [0.15, 0.2) is 5.89 Å². The van der Waals surface area contributed by atoms with E-state index in [2.05, 4.69) is 15.6 Å². The van der Waals surface area contributed by atoms with Crippen molar-refractivity contribution in [2.24, 2.45) is 0 Å². The number of carbonyl (C=O) groups excluding carboxylic acids is 1. The molecule has 1 aromatic heterocycles. The van der Waals surface area contributed by atoms with E-state index in [0.29, 0.717) is 18.5 Å². The number of aryl methyl sites for hydroxylation is 1. The Hall–Kier alpha value is -1.52. The maximum atomic E-state index is 11.5. The van der Waals surface area contributed by atoms with Gasteiger partial charge in [0.1, 0.15) is 6.26 Å². The highest BCUT2D eigenvalue weighted by molar-refractivity contribution is 5.74. The zero-order valence-corrected chi connectivity index (χ0v) is 9.45. The van der Waals surface area contributed by atoms with Crippen LogP contribution in [0.5, 0.6) is 0 Å². The van der Waals surface area contributed by atoms with Crippen LogP contribution in [-0.4, -0.2) is 17.1 Å². The molecule has 0 bridgehead atoms. The molecule has 2 N–H and O–H groups in total. The van der Waals surface area contributed by atoms with Crippen molar-refractivity contribution in [3.63, 3.8) is 0 Å². The van der Waals surface area contributed by atoms with E-state index in [4.69, 9.17) is 4.42 Å². The average molecular weight is 223 g/mol. The molecule has 88 valence electrons. The van der Waals surface area contributed by atoms with Gasteiger partial charge in [-0.15, -0.1) is 0 Å². The maximum absolute atomic E-state index is 11.5. The van der Waals surface area contributed by atoms with Crippen LogP contribution in [0.1, 0.15) is 37.3 Å². The lowest BCUT2D eigenvalue weighted by Gasteiger charge is -2.11. The first kappa shape index (κ1) is 11.0. The largest absolute Gasteiger partial charge is 0.449 e. The number of nitrogens with zero attached hydrogens (tertiary/aromatic N) is 1. The fourth-order valence-electron chi connectivity index (χ4n) is 1.97. The fourth-order valence-corrected chi connectivity index (χ4v) is 1.97. The molecule has 1 aliphatic rings. The van der Waals surface area contributed by atoms with Gasteiger partial charge in [0.2, 0.25) is 0 Å². The molecule has 0 aliphatic heterocycles. The van der Waals surface area contributed by atoms with Gasteiger partial charge in [-0.1, -0.05) is 12.8 Å². The summed E-state index contributed by atoms with van der Waals surface area (Å²) in [6.45, 7) is 2.19. The number of hydrogen-bond acceptors (Lipinski definition) is 3. The van der Waals surface area contributed by atoms with Gasteiger partial charge in [0.25, 0.3) is 0 Å². The number of hydrogen-bond donors (Lipinski definition) is 2. The molecule has 16 heavy (non-hydrogen) atoms. The summed E-state index contributed by atoms with van der Waals surface area (Å²) in [4.78, 5) is 15.6. The molecule has 1 aromatic rings. The predicted octanol–water partition coefficient (Wildman–Crippen LogP) is 1.72. The summed E-state index contributed by atoms with van der Waals surface area (Å²) in [7, 11) is 0. The lowest BCUT2D eigenvalue weighted by molar-refractivity contribution is 0.236. The standard InChI is InChI=1S/C11H17N3O2/c1-8-13-10(7-16-8)6-12-11(15)14-9-4-2-3-5-9/h7,9H,2-6H2,1H3,(H2,12,14,15). The summed E-state index contributed by atoms with van der Waals surface area (Å²) in [5.74, 6) is 0.619. The van der Waals surface area contributed by atoms with Gasteiger partial charge < -0.3 is 15.1 Å². The molecule has 0 aromatic carbocycles. The summed E-state index contributed by atoms with van der Waals surface area (Å²) >= 11 is 0. The van der Waals surface area contributed by atoms with E-state index in [1.54, 1.807) is 13.2 Å². The smallest absolute Gasteiger partial charge is 0.315 e. The molecule has 0 saturated heterocycles. The van der Waals surface area contributed by atoms with Crippen LogP contribution in [0.2, 0.25) is 0 Å². The highest BCUT2D eigenvalue weighted by Gasteiger charge is 2.16. The number of amides is 2. The van der Waals surface area contributed by atoms with Gasteiger partial charge in [-0.25, -0.2) is 9.78 Å². The van der Waals surface area contributed by atoms with Crippen LogP contribution in [0, 0.1) is 6.92 Å². The molecule has 5 nitrogen and oxygen atoms in total. The topological polar surface area (TPSA) is 67.2 Å². The third-order valence-electron chi connectivity index (χ3n) is 2.79. The van der Waals surface area contributed by atoms with Crippen LogP contribution in [0.15, 0.2) is 10.7 Å². The Bertz CT molecular complexity index is 356. The molecule has 0 spiro atoms. The molecule has 1 fully saturated rings. The highest BCUT2D eigenvalue weighted by atomic mass is 16.3. The lowest BCUT2D eigenvalue weighted by Crippen LogP contribution is -2.40. The molecule has 0 atom stereocenters. The second-order valence-corrected chi connectivity index (χ2v) is 4.17. The first-order valence-electron chi connectivity index (χ1n) is 5.69. The summed E-state index contributed by atoms with van der Waals surface area (Å²) in [5, 5.41) is 5.71. The van der Waals surface area contributed by atoms with Gasteiger partial charge in [0.05, 0.1) is 12.2 Å². The number of nitrogens with one attached hydrogen (secondary N) is 2. The second kappa shape index (κ2) is 5.01. The summed E-state index contributed by atoms with van der Waals surface area (Å²) in [5.41, 5.74) is 0.749. The van der Waals surface area contributed by atoms with E-state index in [-0.39, 0.29) is 6.03 Å². The third kappa shape index (κ3) is 2.98. The summed E-state index contributed by atoms with van der Waals surface area (Å²) in [6, 6.07) is 0.228. The Morgan fingerprint density at radius 2 is 2.31 bits per heavy atom. The quantitative estimate of drug-likeness (QED) is 0.820. The average Bonchev–Trinajstić information content (AvgIpc) is 2.87. The van der Waals surface area contributed by atoms with Crippen molar-refractivity contribution in [3.05, 3.63) is 17.8 Å². The van der Waals surface area contributed by atoms with Gasteiger partial charge in [-0.3, -0.25) is 0 Å². The number of rotatable bonds is 3. The molecule has 1 saturated carbocycles. The van der Waals surface area contributed by atoms with E-state index in [1.165, 1.54) is 12.8 Å². The first-order valence-corrected chi connectivity index (χ1v) is 5.69. The van der Waals surface area contributed by atoms with Gasteiger partial charge in [0, 0.05) is 13.0 Å². The molecule has 0 unspecified atom stereocenters. The van der Waals surface area contributed by atoms with Crippen LogP contribution in [0.3, 0.4) is 0 Å². The lowest BCUT2D eigenvalue weighted by atomic mass is 10.2. The van der Waals surface area contributed by atoms with Crippen LogP contribution in [-0.2, 0) is 6.54 Å². The van der Waals surface area contributed by atoms with Gasteiger partial charge in [-0.2, -0.15) is 0 Å². The first-order chi connectivity index (χ1) is 7.74. The minimum Gasteiger partial charge on any atom is -0.449 e. The Labute approximate surface area is 94.6 Å². The van der Waals surface area contributed by atoms with Crippen molar-refractivity contribution in [1.82, 2.24) is 15.6 Å². The SMILES string of the molecule is Cc1nc(CNC(=O)NC2CCCC2)co1. The van der Waals surface area contributed by atoms with Crippen molar-refractivity contribution in [1.29, 1.82) is 0 Å².